The predicted molar refractivity (Wildman–Crippen MR) is 92.2 cm³/mol. The van der Waals surface area contributed by atoms with Crippen LogP contribution in [0.1, 0.15) is 6.42 Å². The predicted octanol–water partition coefficient (Wildman–Crippen LogP) is 2.50. The standard InChI is InChI=1S/C15H17ClN4O2S/c1-20(13-6-8-23(21,22)10-13)15-17-7-5-14(19-15)18-12-4-2-3-11(16)9-12/h2-5,7,9,13H,6,8,10H2,1H3,(H,17,18,19). The lowest BCUT2D eigenvalue weighted by Crippen LogP contribution is -2.33. The molecule has 3 rings (SSSR count). The van der Waals surface area contributed by atoms with E-state index in [1.165, 1.54) is 0 Å². The van der Waals surface area contributed by atoms with Gasteiger partial charge in [-0.1, -0.05) is 17.7 Å². The summed E-state index contributed by atoms with van der Waals surface area (Å²) in [7, 11) is -1.12. The minimum atomic E-state index is -2.94. The number of nitrogens with one attached hydrogen (secondary N) is 1. The van der Waals surface area contributed by atoms with Crippen LogP contribution >= 0.6 is 11.6 Å². The van der Waals surface area contributed by atoms with Gasteiger partial charge in [-0.25, -0.2) is 13.4 Å². The fourth-order valence-corrected chi connectivity index (χ4v) is 4.51. The molecule has 8 heteroatoms. The van der Waals surface area contributed by atoms with Crippen molar-refractivity contribution in [1.82, 2.24) is 9.97 Å². The van der Waals surface area contributed by atoms with E-state index in [0.717, 1.165) is 5.69 Å². The first kappa shape index (κ1) is 16.0. The second kappa shape index (κ2) is 6.33. The Morgan fingerprint density at radius 1 is 1.35 bits per heavy atom. The number of rotatable bonds is 4. The topological polar surface area (TPSA) is 75.2 Å². The lowest BCUT2D eigenvalue weighted by molar-refractivity contribution is 0.600. The minimum Gasteiger partial charge on any atom is -0.340 e. The quantitative estimate of drug-likeness (QED) is 0.911. The monoisotopic (exact) mass is 352 g/mol. The number of hydrogen-bond acceptors (Lipinski definition) is 6. The molecule has 6 nitrogen and oxygen atoms in total. The highest BCUT2D eigenvalue weighted by Crippen LogP contribution is 2.23. The zero-order valence-corrected chi connectivity index (χ0v) is 14.2. The second-order valence-electron chi connectivity index (χ2n) is 5.54. The maximum Gasteiger partial charge on any atom is 0.227 e. The largest absolute Gasteiger partial charge is 0.340 e. The highest BCUT2D eigenvalue weighted by Gasteiger charge is 2.31. The molecular formula is C15H17ClN4O2S. The van der Waals surface area contributed by atoms with Gasteiger partial charge in [0.1, 0.15) is 5.82 Å². The second-order valence-corrected chi connectivity index (χ2v) is 8.21. The maximum absolute atomic E-state index is 11.6. The van der Waals surface area contributed by atoms with E-state index in [9.17, 15) is 8.42 Å². The first-order valence-corrected chi connectivity index (χ1v) is 9.42. The molecule has 1 aromatic heterocycles. The summed E-state index contributed by atoms with van der Waals surface area (Å²) in [4.78, 5) is 10.5. The Kier molecular flexibility index (Phi) is 4.41. The van der Waals surface area contributed by atoms with Crippen LogP contribution < -0.4 is 10.2 Å². The van der Waals surface area contributed by atoms with Gasteiger partial charge >= 0.3 is 0 Å². The van der Waals surface area contributed by atoms with Crippen LogP contribution in [-0.4, -0.2) is 43.0 Å². The molecule has 1 aromatic carbocycles. The molecule has 23 heavy (non-hydrogen) atoms. The van der Waals surface area contributed by atoms with Crippen molar-refractivity contribution >= 4 is 38.9 Å². The Hall–Kier alpha value is -1.86. The first-order valence-electron chi connectivity index (χ1n) is 7.22. The van der Waals surface area contributed by atoms with E-state index in [1.807, 2.05) is 24.1 Å². The number of anilines is 3. The molecule has 0 spiro atoms. The van der Waals surface area contributed by atoms with E-state index in [4.69, 9.17) is 11.6 Å². The maximum atomic E-state index is 11.6. The Balaban J connectivity index is 1.77. The van der Waals surface area contributed by atoms with Gasteiger partial charge in [0.05, 0.1) is 11.5 Å². The number of nitrogens with zero attached hydrogens (tertiary/aromatic N) is 3. The van der Waals surface area contributed by atoms with Crippen molar-refractivity contribution in [3.63, 3.8) is 0 Å². The summed E-state index contributed by atoms with van der Waals surface area (Å²) in [5, 5.41) is 3.80. The Labute approximate surface area is 140 Å². The molecule has 1 aliphatic heterocycles. The molecule has 122 valence electrons. The molecule has 1 atom stereocenters. The summed E-state index contributed by atoms with van der Waals surface area (Å²) < 4.78 is 23.2. The molecule has 0 radical (unpaired) electrons. The molecule has 0 aliphatic carbocycles. The van der Waals surface area contributed by atoms with E-state index >= 15 is 0 Å². The van der Waals surface area contributed by atoms with Crippen molar-refractivity contribution < 1.29 is 8.42 Å². The normalized spacial score (nSPS) is 19.5. The van der Waals surface area contributed by atoms with Gasteiger partial charge in [0, 0.05) is 30.0 Å². The third-order valence-corrected chi connectivity index (χ3v) is 5.80. The van der Waals surface area contributed by atoms with Gasteiger partial charge in [-0.05, 0) is 30.7 Å². The summed E-state index contributed by atoms with van der Waals surface area (Å²) in [6.45, 7) is 0. The van der Waals surface area contributed by atoms with Crippen molar-refractivity contribution in [2.45, 2.75) is 12.5 Å². The summed E-state index contributed by atoms with van der Waals surface area (Å²) in [6, 6.07) is 9.01. The van der Waals surface area contributed by atoms with Crippen LogP contribution in [0.4, 0.5) is 17.5 Å². The average Bonchev–Trinajstić information content (AvgIpc) is 2.87. The van der Waals surface area contributed by atoms with Gasteiger partial charge in [-0.2, -0.15) is 4.98 Å². The first-order chi connectivity index (χ1) is 10.9. The van der Waals surface area contributed by atoms with E-state index in [2.05, 4.69) is 15.3 Å². The number of sulfone groups is 1. The van der Waals surface area contributed by atoms with Crippen molar-refractivity contribution in [2.75, 3.05) is 28.8 Å². The lowest BCUT2D eigenvalue weighted by atomic mass is 10.2. The number of aromatic nitrogens is 2. The van der Waals surface area contributed by atoms with Crippen molar-refractivity contribution in [1.29, 1.82) is 0 Å². The van der Waals surface area contributed by atoms with Crippen LogP contribution in [0, 0.1) is 0 Å². The molecule has 1 unspecified atom stereocenters. The lowest BCUT2D eigenvalue weighted by Gasteiger charge is -2.23. The highest BCUT2D eigenvalue weighted by atomic mass is 35.5. The van der Waals surface area contributed by atoms with E-state index in [1.54, 1.807) is 24.4 Å². The smallest absolute Gasteiger partial charge is 0.227 e. The third kappa shape index (κ3) is 3.92. The fraction of sp³-hybridized carbons (Fsp3) is 0.333. The summed E-state index contributed by atoms with van der Waals surface area (Å²) in [5.74, 6) is 1.51. The Morgan fingerprint density at radius 2 is 2.17 bits per heavy atom. The van der Waals surface area contributed by atoms with E-state index in [0.29, 0.717) is 23.2 Å². The molecule has 1 N–H and O–H groups in total. The zero-order valence-electron chi connectivity index (χ0n) is 12.6. The fourth-order valence-electron chi connectivity index (χ4n) is 2.55. The number of hydrogen-bond donors (Lipinski definition) is 1. The molecule has 2 aromatic rings. The zero-order chi connectivity index (χ0) is 16.4. The molecular weight excluding hydrogens is 336 g/mol. The van der Waals surface area contributed by atoms with Gasteiger partial charge in [-0.3, -0.25) is 0 Å². The Bertz CT molecular complexity index is 813. The number of halogens is 1. The van der Waals surface area contributed by atoms with Crippen LogP contribution in [0.3, 0.4) is 0 Å². The van der Waals surface area contributed by atoms with Gasteiger partial charge in [0.15, 0.2) is 9.84 Å². The van der Waals surface area contributed by atoms with E-state index in [-0.39, 0.29) is 17.5 Å². The van der Waals surface area contributed by atoms with Crippen LogP contribution in [-0.2, 0) is 9.84 Å². The molecule has 1 aliphatic rings. The van der Waals surface area contributed by atoms with Gasteiger partial charge in [-0.15, -0.1) is 0 Å². The summed E-state index contributed by atoms with van der Waals surface area (Å²) >= 11 is 5.97. The minimum absolute atomic E-state index is 0.0820. The van der Waals surface area contributed by atoms with E-state index < -0.39 is 9.84 Å². The molecule has 2 heterocycles. The van der Waals surface area contributed by atoms with Crippen LogP contribution in [0.15, 0.2) is 36.5 Å². The molecule has 1 fully saturated rings. The van der Waals surface area contributed by atoms with Gasteiger partial charge < -0.3 is 10.2 Å². The van der Waals surface area contributed by atoms with Crippen molar-refractivity contribution in [3.8, 4) is 0 Å². The van der Waals surface area contributed by atoms with Crippen molar-refractivity contribution in [2.24, 2.45) is 0 Å². The van der Waals surface area contributed by atoms with Gasteiger partial charge in [0.2, 0.25) is 5.95 Å². The Morgan fingerprint density at radius 3 is 2.87 bits per heavy atom. The molecule has 1 saturated heterocycles. The third-order valence-electron chi connectivity index (χ3n) is 3.81. The average molecular weight is 353 g/mol. The molecule has 0 bridgehead atoms. The van der Waals surface area contributed by atoms with Crippen LogP contribution in [0.5, 0.6) is 0 Å². The summed E-state index contributed by atoms with van der Waals surface area (Å²) in [6.07, 6.45) is 2.25. The number of benzene rings is 1. The van der Waals surface area contributed by atoms with Crippen LogP contribution in [0.25, 0.3) is 0 Å². The molecule has 0 amide bonds. The SMILES string of the molecule is CN(c1nccc(Nc2cccc(Cl)c2)n1)C1CCS(=O)(=O)C1. The summed E-state index contributed by atoms with van der Waals surface area (Å²) in [5.41, 5.74) is 0.827. The van der Waals surface area contributed by atoms with Gasteiger partial charge in [0.25, 0.3) is 0 Å². The van der Waals surface area contributed by atoms with Crippen molar-refractivity contribution in [3.05, 3.63) is 41.6 Å². The molecule has 0 saturated carbocycles. The van der Waals surface area contributed by atoms with Crippen LogP contribution in [0.2, 0.25) is 5.02 Å². The highest BCUT2D eigenvalue weighted by molar-refractivity contribution is 7.91.